The quantitative estimate of drug-likeness (QED) is 0.720. The number of benzene rings is 1. The van der Waals surface area contributed by atoms with Gasteiger partial charge in [0.2, 0.25) is 5.91 Å². The van der Waals surface area contributed by atoms with Gasteiger partial charge in [0.25, 0.3) is 5.56 Å². The van der Waals surface area contributed by atoms with Gasteiger partial charge in [0.05, 0.1) is 11.8 Å². The second kappa shape index (κ2) is 6.02. The highest BCUT2D eigenvalue weighted by molar-refractivity contribution is 7.25. The fraction of sp³-hybridized carbons (Fsp3) is 0.389. The normalized spacial score (nSPS) is 18.4. The Kier molecular flexibility index (Phi) is 3.84. The summed E-state index contributed by atoms with van der Waals surface area (Å²) in [5, 5.41) is 0.998. The van der Waals surface area contributed by atoms with E-state index in [4.69, 9.17) is 0 Å². The van der Waals surface area contributed by atoms with E-state index < -0.39 is 0 Å². The van der Waals surface area contributed by atoms with Crippen molar-refractivity contribution < 1.29 is 4.79 Å². The molecule has 4 rings (SSSR count). The first kappa shape index (κ1) is 15.3. The zero-order valence-corrected chi connectivity index (χ0v) is 14.4. The van der Waals surface area contributed by atoms with Gasteiger partial charge in [0, 0.05) is 22.7 Å². The van der Waals surface area contributed by atoms with Crippen LogP contribution in [-0.2, 0) is 11.3 Å². The summed E-state index contributed by atoms with van der Waals surface area (Å²) < 4.78 is 3.12. The number of carbonyl (C=O) groups excluding carboxylic acids is 1. The van der Waals surface area contributed by atoms with Crippen LogP contribution in [0.2, 0.25) is 0 Å². The van der Waals surface area contributed by atoms with Gasteiger partial charge in [0.1, 0.15) is 11.2 Å². The molecule has 3 heterocycles. The van der Waals surface area contributed by atoms with E-state index in [2.05, 4.69) is 11.9 Å². The van der Waals surface area contributed by atoms with Crippen molar-refractivity contribution in [3.05, 3.63) is 40.9 Å². The van der Waals surface area contributed by atoms with Crippen molar-refractivity contribution in [2.75, 3.05) is 6.54 Å². The monoisotopic (exact) mass is 341 g/mol. The summed E-state index contributed by atoms with van der Waals surface area (Å²) in [6, 6.07) is 8.13. The molecule has 1 saturated heterocycles. The van der Waals surface area contributed by atoms with Crippen LogP contribution in [0.4, 0.5) is 0 Å². The lowest BCUT2D eigenvalue weighted by atomic mass is 10.0. The highest BCUT2D eigenvalue weighted by Gasteiger charge is 2.23. The number of likely N-dealkylation sites (tertiary alicyclic amines) is 1. The second-order valence-electron chi connectivity index (χ2n) is 6.39. The maximum absolute atomic E-state index is 12.8. The smallest absolute Gasteiger partial charge is 0.271 e. The Morgan fingerprint density at radius 2 is 2.17 bits per heavy atom. The summed E-state index contributed by atoms with van der Waals surface area (Å²) in [6.45, 7) is 2.93. The van der Waals surface area contributed by atoms with Gasteiger partial charge in [-0.2, -0.15) is 0 Å². The molecule has 5 nitrogen and oxygen atoms in total. The molecule has 0 N–H and O–H groups in total. The summed E-state index contributed by atoms with van der Waals surface area (Å²) in [5.74, 6) is 0.00608. The number of nitrogens with zero attached hydrogens (tertiary/aromatic N) is 3. The van der Waals surface area contributed by atoms with Gasteiger partial charge in [-0.1, -0.05) is 18.2 Å². The number of fused-ring (bicyclic) bond motifs is 3. The highest BCUT2D eigenvalue weighted by Crippen LogP contribution is 2.29. The van der Waals surface area contributed by atoms with E-state index in [1.165, 1.54) is 28.7 Å². The Morgan fingerprint density at radius 3 is 3.00 bits per heavy atom. The second-order valence-corrected chi connectivity index (χ2v) is 7.44. The maximum atomic E-state index is 12.8. The van der Waals surface area contributed by atoms with Crippen LogP contribution in [0, 0.1) is 0 Å². The minimum absolute atomic E-state index is 0.00608. The van der Waals surface area contributed by atoms with Crippen LogP contribution in [0.3, 0.4) is 0 Å². The third-order valence-electron chi connectivity index (χ3n) is 4.78. The third-order valence-corrected chi connectivity index (χ3v) is 5.93. The molecule has 0 radical (unpaired) electrons. The number of aromatic nitrogens is 2. The molecule has 1 atom stereocenters. The molecule has 1 unspecified atom stereocenters. The van der Waals surface area contributed by atoms with Crippen LogP contribution in [0.5, 0.6) is 0 Å². The van der Waals surface area contributed by atoms with Crippen LogP contribution >= 0.6 is 11.3 Å². The van der Waals surface area contributed by atoms with Crippen LogP contribution in [-0.4, -0.2) is 32.9 Å². The van der Waals surface area contributed by atoms with Gasteiger partial charge in [-0.3, -0.25) is 14.2 Å². The molecule has 6 heteroatoms. The predicted molar refractivity (Wildman–Crippen MR) is 96.4 cm³/mol. The molecule has 1 aliphatic heterocycles. The Balaban J connectivity index is 1.70. The lowest BCUT2D eigenvalue weighted by molar-refractivity contribution is -0.135. The maximum Gasteiger partial charge on any atom is 0.271 e. The van der Waals surface area contributed by atoms with E-state index in [0.29, 0.717) is 4.70 Å². The molecule has 3 aromatic rings. The first-order chi connectivity index (χ1) is 11.6. The van der Waals surface area contributed by atoms with Gasteiger partial charge >= 0.3 is 0 Å². The summed E-state index contributed by atoms with van der Waals surface area (Å²) in [4.78, 5) is 31.7. The van der Waals surface area contributed by atoms with Gasteiger partial charge < -0.3 is 4.90 Å². The number of hydrogen-bond acceptors (Lipinski definition) is 4. The van der Waals surface area contributed by atoms with Gasteiger partial charge in [-0.05, 0) is 32.3 Å². The topological polar surface area (TPSA) is 55.2 Å². The molecule has 1 aromatic carbocycles. The van der Waals surface area contributed by atoms with Crippen LogP contribution in [0.1, 0.15) is 26.2 Å². The number of thiophene rings is 1. The van der Waals surface area contributed by atoms with Crippen molar-refractivity contribution in [1.82, 2.24) is 14.5 Å². The van der Waals surface area contributed by atoms with Crippen molar-refractivity contribution in [3.8, 4) is 0 Å². The predicted octanol–water partition coefficient (Wildman–Crippen LogP) is 3.01. The zero-order chi connectivity index (χ0) is 16.7. The number of carbonyl (C=O) groups is 1. The standard InChI is InChI=1S/C18H19N3O2S/c1-12-6-4-5-9-21(12)15(22)10-20-11-19-16-13-7-2-3-8-14(13)24-17(16)18(20)23/h2-3,7-8,11-12H,4-6,9-10H2,1H3. The van der Waals surface area contributed by atoms with E-state index in [-0.39, 0.29) is 24.1 Å². The molecule has 0 bridgehead atoms. The fourth-order valence-corrected chi connectivity index (χ4v) is 4.54. The molecule has 24 heavy (non-hydrogen) atoms. The molecule has 0 aliphatic carbocycles. The average molecular weight is 341 g/mol. The number of rotatable bonds is 2. The molecular weight excluding hydrogens is 322 g/mol. The van der Waals surface area contributed by atoms with E-state index in [9.17, 15) is 9.59 Å². The molecule has 1 amide bonds. The summed E-state index contributed by atoms with van der Waals surface area (Å²) in [6.07, 6.45) is 4.75. The van der Waals surface area contributed by atoms with Crippen molar-refractivity contribution >= 4 is 37.5 Å². The highest BCUT2D eigenvalue weighted by atomic mass is 32.1. The van der Waals surface area contributed by atoms with Crippen molar-refractivity contribution in [3.63, 3.8) is 0 Å². The van der Waals surface area contributed by atoms with E-state index in [1.807, 2.05) is 29.2 Å². The third kappa shape index (κ3) is 2.51. The van der Waals surface area contributed by atoms with E-state index >= 15 is 0 Å². The minimum Gasteiger partial charge on any atom is -0.338 e. The summed E-state index contributed by atoms with van der Waals surface area (Å²) in [7, 11) is 0. The fourth-order valence-electron chi connectivity index (χ4n) is 3.43. The summed E-state index contributed by atoms with van der Waals surface area (Å²) >= 11 is 1.44. The molecular formula is C18H19N3O2S. The van der Waals surface area contributed by atoms with Crippen molar-refractivity contribution in [2.45, 2.75) is 38.8 Å². The number of piperidine rings is 1. The lowest BCUT2D eigenvalue weighted by Crippen LogP contribution is -2.44. The molecule has 0 saturated carbocycles. The average Bonchev–Trinajstić information content (AvgIpc) is 2.97. The summed E-state index contributed by atoms with van der Waals surface area (Å²) in [5.41, 5.74) is 0.606. The van der Waals surface area contributed by atoms with Crippen LogP contribution in [0.15, 0.2) is 35.4 Å². The Bertz CT molecular complexity index is 975. The van der Waals surface area contributed by atoms with Crippen molar-refractivity contribution in [2.24, 2.45) is 0 Å². The first-order valence-corrected chi connectivity index (χ1v) is 9.13. The largest absolute Gasteiger partial charge is 0.338 e. The van der Waals surface area contributed by atoms with Gasteiger partial charge in [0.15, 0.2) is 0 Å². The number of amides is 1. The SMILES string of the molecule is CC1CCCCN1C(=O)Cn1cnc2c(sc3ccccc32)c1=O. The zero-order valence-electron chi connectivity index (χ0n) is 13.6. The van der Waals surface area contributed by atoms with Crippen LogP contribution in [0.25, 0.3) is 20.3 Å². The first-order valence-electron chi connectivity index (χ1n) is 8.31. The molecule has 1 aliphatic rings. The molecule has 124 valence electrons. The van der Waals surface area contributed by atoms with Crippen LogP contribution < -0.4 is 5.56 Å². The van der Waals surface area contributed by atoms with Gasteiger partial charge in [-0.25, -0.2) is 4.98 Å². The minimum atomic E-state index is -0.126. The Morgan fingerprint density at radius 1 is 1.33 bits per heavy atom. The van der Waals surface area contributed by atoms with Gasteiger partial charge in [-0.15, -0.1) is 11.3 Å². The molecule has 0 spiro atoms. The van der Waals surface area contributed by atoms with E-state index in [1.54, 1.807) is 0 Å². The number of hydrogen-bond donors (Lipinski definition) is 0. The molecule has 1 fully saturated rings. The Hall–Kier alpha value is -2.21. The molecule has 2 aromatic heterocycles. The van der Waals surface area contributed by atoms with E-state index in [0.717, 1.165) is 35.0 Å². The van der Waals surface area contributed by atoms with Crippen molar-refractivity contribution in [1.29, 1.82) is 0 Å². The Labute approximate surface area is 143 Å². The lowest BCUT2D eigenvalue weighted by Gasteiger charge is -2.33.